The van der Waals surface area contributed by atoms with Crippen molar-refractivity contribution in [1.82, 2.24) is 25.3 Å². The first-order chi connectivity index (χ1) is 9.72. The van der Waals surface area contributed by atoms with Gasteiger partial charge >= 0.3 is 0 Å². The van der Waals surface area contributed by atoms with E-state index in [1.165, 1.54) is 6.20 Å². The Balaban J connectivity index is 2.26. The van der Waals surface area contributed by atoms with Crippen LogP contribution in [0.15, 0.2) is 36.6 Å². The number of nitrogen functional groups attached to an aromatic ring is 1. The smallest absolute Gasteiger partial charge is 0.227 e. The van der Waals surface area contributed by atoms with Crippen molar-refractivity contribution in [1.29, 1.82) is 5.41 Å². The molecule has 0 amide bonds. The maximum absolute atomic E-state index is 7.27. The fraction of sp³-hybridized carbons (Fsp3) is 0.0833. The van der Waals surface area contributed by atoms with Gasteiger partial charge in [0.25, 0.3) is 0 Å². The zero-order valence-electron chi connectivity index (χ0n) is 10.8. The first kappa shape index (κ1) is 13.4. The Morgan fingerprint density at radius 3 is 2.75 bits per heavy atom. The van der Waals surface area contributed by atoms with Crippen LogP contribution in [0.2, 0.25) is 0 Å². The van der Waals surface area contributed by atoms with Crippen LogP contribution in [0.3, 0.4) is 0 Å². The van der Waals surface area contributed by atoms with Gasteiger partial charge < -0.3 is 21.8 Å². The van der Waals surface area contributed by atoms with Gasteiger partial charge in [0.15, 0.2) is 0 Å². The van der Waals surface area contributed by atoms with Crippen molar-refractivity contribution in [2.45, 2.75) is 0 Å². The molecule has 0 spiro atoms. The second-order valence-corrected chi connectivity index (χ2v) is 3.75. The summed E-state index contributed by atoms with van der Waals surface area (Å²) in [6.45, 7) is 0. The molecule has 0 aliphatic rings. The van der Waals surface area contributed by atoms with E-state index >= 15 is 0 Å². The minimum absolute atomic E-state index is 0.351. The van der Waals surface area contributed by atoms with Gasteiger partial charge in [-0.05, 0) is 6.07 Å². The van der Waals surface area contributed by atoms with Gasteiger partial charge in [0.2, 0.25) is 5.95 Å². The molecule has 0 aromatic carbocycles. The molecule has 8 nitrogen and oxygen atoms in total. The van der Waals surface area contributed by atoms with Crippen LogP contribution in [0.25, 0.3) is 11.4 Å². The molecule has 0 saturated heterocycles. The fourth-order valence-electron chi connectivity index (χ4n) is 1.43. The van der Waals surface area contributed by atoms with E-state index in [9.17, 15) is 0 Å². The number of nitrogens with zero attached hydrogens (tertiary/aromatic N) is 4. The normalized spacial score (nSPS) is 10.9. The summed E-state index contributed by atoms with van der Waals surface area (Å²) in [6.07, 6.45) is 7.40. The zero-order valence-corrected chi connectivity index (χ0v) is 10.8. The zero-order chi connectivity index (χ0) is 14.4. The molecular formula is C12H14N8. The van der Waals surface area contributed by atoms with Crippen molar-refractivity contribution in [3.8, 4) is 11.4 Å². The Morgan fingerprint density at radius 1 is 1.25 bits per heavy atom. The topological polar surface area (TPSA) is 125 Å². The largest absolute Gasteiger partial charge is 0.392 e. The number of rotatable bonds is 5. The molecule has 0 fully saturated rings. The molecule has 0 unspecified atom stereocenters. The highest BCUT2D eigenvalue weighted by molar-refractivity contribution is 5.79. The molecular weight excluding hydrogens is 256 g/mol. The number of hydrogen-bond acceptors (Lipinski definition) is 8. The molecule has 0 aliphatic heterocycles. The molecule has 2 aromatic rings. The van der Waals surface area contributed by atoms with E-state index in [2.05, 4.69) is 30.6 Å². The molecule has 5 N–H and O–H groups in total. The van der Waals surface area contributed by atoms with Crippen molar-refractivity contribution in [2.24, 2.45) is 0 Å². The lowest BCUT2D eigenvalue weighted by Gasteiger charge is -2.06. The van der Waals surface area contributed by atoms with Crippen molar-refractivity contribution in [3.63, 3.8) is 0 Å². The maximum atomic E-state index is 7.27. The quantitative estimate of drug-likeness (QED) is 0.587. The van der Waals surface area contributed by atoms with Crippen molar-refractivity contribution < 1.29 is 0 Å². The predicted molar refractivity (Wildman–Crippen MR) is 77.0 cm³/mol. The lowest BCUT2D eigenvalue weighted by atomic mass is 10.3. The Morgan fingerprint density at radius 2 is 2.10 bits per heavy atom. The molecule has 0 bridgehead atoms. The summed E-state index contributed by atoms with van der Waals surface area (Å²) in [6, 6.07) is 1.72. The van der Waals surface area contributed by atoms with Crippen molar-refractivity contribution >= 4 is 18.0 Å². The van der Waals surface area contributed by atoms with Gasteiger partial charge in [-0.2, -0.15) is 0 Å². The molecule has 0 aliphatic carbocycles. The molecule has 8 heteroatoms. The number of hydrogen-bond donors (Lipinski definition) is 4. The third kappa shape index (κ3) is 3.25. The van der Waals surface area contributed by atoms with Gasteiger partial charge in [-0.3, -0.25) is 0 Å². The second kappa shape index (κ2) is 6.23. The highest BCUT2D eigenvalue weighted by atomic mass is 15.1. The lowest BCUT2D eigenvalue weighted by Crippen LogP contribution is -2.08. The average molecular weight is 270 g/mol. The Bertz CT molecular complexity index is 620. The van der Waals surface area contributed by atoms with E-state index < -0.39 is 0 Å². The number of aromatic nitrogens is 4. The minimum atomic E-state index is 0.351. The first-order valence-corrected chi connectivity index (χ1v) is 5.79. The van der Waals surface area contributed by atoms with Crippen LogP contribution < -0.4 is 16.4 Å². The molecule has 2 heterocycles. The van der Waals surface area contributed by atoms with Gasteiger partial charge in [0.05, 0.1) is 23.8 Å². The van der Waals surface area contributed by atoms with E-state index in [1.807, 2.05) is 0 Å². The number of anilines is 2. The summed E-state index contributed by atoms with van der Waals surface area (Å²) < 4.78 is 0. The standard InChI is InChI=1S/C12H14N8/c1-15-5-8(4-13)19-12-16-3-2-9(20-12)10-6-18-11(14)7-17-10/h2-7,13,15H,1H3,(H2,14,18)(H,16,19,20)/b8-5+,13-4?. The number of allylic oxidation sites excluding steroid dienone is 1. The Hall–Kier alpha value is -3.03. The monoisotopic (exact) mass is 270 g/mol. The van der Waals surface area contributed by atoms with Gasteiger partial charge in [0, 0.05) is 25.7 Å². The van der Waals surface area contributed by atoms with Crippen LogP contribution >= 0.6 is 0 Å². The number of nitrogens with one attached hydrogen (secondary N) is 3. The molecule has 20 heavy (non-hydrogen) atoms. The van der Waals surface area contributed by atoms with E-state index in [4.69, 9.17) is 11.1 Å². The van der Waals surface area contributed by atoms with E-state index in [0.29, 0.717) is 28.9 Å². The van der Waals surface area contributed by atoms with Gasteiger partial charge in [0.1, 0.15) is 11.5 Å². The molecule has 2 aromatic heterocycles. The highest BCUT2D eigenvalue weighted by Crippen LogP contribution is 2.14. The van der Waals surface area contributed by atoms with E-state index in [0.717, 1.165) is 6.21 Å². The van der Waals surface area contributed by atoms with Gasteiger partial charge in [-0.1, -0.05) is 0 Å². The van der Waals surface area contributed by atoms with Crippen molar-refractivity contribution in [3.05, 3.63) is 36.6 Å². The van der Waals surface area contributed by atoms with E-state index in [1.54, 1.807) is 31.7 Å². The summed E-state index contributed by atoms with van der Waals surface area (Å²) in [7, 11) is 1.74. The Labute approximate surface area is 115 Å². The van der Waals surface area contributed by atoms with Crippen LogP contribution in [0.5, 0.6) is 0 Å². The molecule has 0 atom stereocenters. The summed E-state index contributed by atoms with van der Waals surface area (Å²) in [5.74, 6) is 0.718. The Kier molecular flexibility index (Phi) is 4.17. The van der Waals surface area contributed by atoms with Gasteiger partial charge in [-0.15, -0.1) is 0 Å². The lowest BCUT2D eigenvalue weighted by molar-refractivity contribution is 1.08. The van der Waals surface area contributed by atoms with Crippen LogP contribution in [0.4, 0.5) is 11.8 Å². The molecule has 0 saturated carbocycles. The maximum Gasteiger partial charge on any atom is 0.227 e. The predicted octanol–water partition coefficient (Wildman–Crippen LogP) is 0.638. The van der Waals surface area contributed by atoms with Crippen LogP contribution in [-0.4, -0.2) is 33.2 Å². The summed E-state index contributed by atoms with van der Waals surface area (Å²) >= 11 is 0. The first-order valence-electron chi connectivity index (χ1n) is 5.79. The highest BCUT2D eigenvalue weighted by Gasteiger charge is 2.04. The molecule has 0 radical (unpaired) electrons. The summed E-state index contributed by atoms with van der Waals surface area (Å²) in [5, 5.41) is 13.0. The summed E-state index contributed by atoms with van der Waals surface area (Å²) in [4.78, 5) is 16.5. The molecule has 2 rings (SSSR count). The SMILES string of the molecule is CN/C=C(\C=N)Nc1nccc(-c2cnc(N)cn2)n1. The second-order valence-electron chi connectivity index (χ2n) is 3.75. The van der Waals surface area contributed by atoms with Gasteiger partial charge in [-0.25, -0.2) is 19.9 Å². The van der Waals surface area contributed by atoms with Crippen LogP contribution in [0.1, 0.15) is 0 Å². The van der Waals surface area contributed by atoms with Crippen molar-refractivity contribution in [2.75, 3.05) is 18.1 Å². The average Bonchev–Trinajstić information content (AvgIpc) is 2.48. The van der Waals surface area contributed by atoms with E-state index in [-0.39, 0.29) is 0 Å². The third-order valence-electron chi connectivity index (χ3n) is 2.30. The number of nitrogens with two attached hydrogens (primary N) is 1. The third-order valence-corrected chi connectivity index (χ3v) is 2.30. The fourth-order valence-corrected chi connectivity index (χ4v) is 1.43. The summed E-state index contributed by atoms with van der Waals surface area (Å²) in [5.41, 5.74) is 7.24. The van der Waals surface area contributed by atoms with Crippen LogP contribution in [-0.2, 0) is 0 Å². The minimum Gasteiger partial charge on any atom is -0.392 e. The molecule has 102 valence electrons. The van der Waals surface area contributed by atoms with Crippen LogP contribution in [0, 0.1) is 5.41 Å².